The molecule has 20 heavy (non-hydrogen) atoms. The van der Waals surface area contributed by atoms with Crippen molar-refractivity contribution in [1.82, 2.24) is 0 Å². The maximum atomic E-state index is 12.3. The van der Waals surface area contributed by atoms with E-state index in [9.17, 15) is 23.1 Å². The third-order valence-electron chi connectivity index (χ3n) is 4.06. The molecule has 2 nitrogen and oxygen atoms in total. The molecule has 1 aromatic rings. The number of carboxylic acid groups (broad SMARTS) is 1. The van der Waals surface area contributed by atoms with Crippen LogP contribution >= 0.6 is 0 Å². The van der Waals surface area contributed by atoms with Crippen molar-refractivity contribution < 1.29 is 23.1 Å². The first-order valence-electron chi connectivity index (χ1n) is 6.74. The fourth-order valence-corrected chi connectivity index (χ4v) is 3.10. The summed E-state index contributed by atoms with van der Waals surface area (Å²) in [5, 5.41) is 9.58. The van der Waals surface area contributed by atoms with Gasteiger partial charge in [0.1, 0.15) is 0 Å². The van der Waals surface area contributed by atoms with Gasteiger partial charge in [0.15, 0.2) is 0 Å². The van der Waals surface area contributed by atoms with Crippen LogP contribution in [-0.4, -0.2) is 17.3 Å². The van der Waals surface area contributed by atoms with Gasteiger partial charge in [-0.05, 0) is 43.2 Å². The summed E-state index contributed by atoms with van der Waals surface area (Å²) in [5.74, 6) is -1.01. The second-order valence-electron chi connectivity index (χ2n) is 5.37. The van der Waals surface area contributed by atoms with Crippen molar-refractivity contribution >= 4 is 5.97 Å². The molecule has 0 amide bonds. The zero-order valence-corrected chi connectivity index (χ0v) is 11.0. The Balaban J connectivity index is 2.25. The standard InChI is InChI=1S/C15H17F3O2/c16-15(17,18)10-4-9-14(13(19)20)8-3-6-11-5-1-2-7-12(11)14/h1-2,5,7H,3-4,6,8-10H2,(H,19,20). The van der Waals surface area contributed by atoms with E-state index in [4.69, 9.17) is 0 Å². The molecule has 1 unspecified atom stereocenters. The van der Waals surface area contributed by atoms with E-state index in [1.807, 2.05) is 12.1 Å². The molecule has 0 saturated heterocycles. The highest BCUT2D eigenvalue weighted by Gasteiger charge is 2.43. The molecular formula is C15H17F3O2. The van der Waals surface area contributed by atoms with Gasteiger partial charge < -0.3 is 5.11 Å². The Morgan fingerprint density at radius 3 is 2.65 bits per heavy atom. The van der Waals surface area contributed by atoms with Crippen LogP contribution in [0.15, 0.2) is 24.3 Å². The van der Waals surface area contributed by atoms with Gasteiger partial charge in [0.25, 0.3) is 0 Å². The van der Waals surface area contributed by atoms with E-state index in [0.29, 0.717) is 18.4 Å². The first-order chi connectivity index (χ1) is 9.35. The summed E-state index contributed by atoms with van der Waals surface area (Å²) < 4.78 is 36.9. The zero-order chi connectivity index (χ0) is 14.8. The predicted molar refractivity (Wildman–Crippen MR) is 68.6 cm³/mol. The number of carboxylic acids is 1. The van der Waals surface area contributed by atoms with Gasteiger partial charge in [-0.2, -0.15) is 13.2 Å². The predicted octanol–water partition coefficient (Wildman–Crippen LogP) is 4.08. The van der Waals surface area contributed by atoms with Gasteiger partial charge in [0, 0.05) is 6.42 Å². The Kier molecular flexibility index (Phi) is 4.06. The van der Waals surface area contributed by atoms with Gasteiger partial charge in [-0.25, -0.2) is 0 Å². The fraction of sp³-hybridized carbons (Fsp3) is 0.533. The third-order valence-corrected chi connectivity index (χ3v) is 4.06. The summed E-state index contributed by atoms with van der Waals surface area (Å²) in [6, 6.07) is 7.21. The smallest absolute Gasteiger partial charge is 0.389 e. The Hall–Kier alpha value is -1.52. The molecule has 1 atom stereocenters. The molecule has 5 heteroatoms. The van der Waals surface area contributed by atoms with E-state index >= 15 is 0 Å². The van der Waals surface area contributed by atoms with Crippen molar-refractivity contribution in [2.75, 3.05) is 0 Å². The van der Waals surface area contributed by atoms with Gasteiger partial charge in [-0.15, -0.1) is 0 Å². The quantitative estimate of drug-likeness (QED) is 0.905. The van der Waals surface area contributed by atoms with E-state index in [-0.39, 0.29) is 12.8 Å². The lowest BCUT2D eigenvalue weighted by Crippen LogP contribution is -2.39. The molecule has 0 bridgehead atoms. The highest BCUT2D eigenvalue weighted by molar-refractivity contribution is 5.82. The Morgan fingerprint density at radius 1 is 1.30 bits per heavy atom. The largest absolute Gasteiger partial charge is 0.481 e. The minimum atomic E-state index is -4.23. The van der Waals surface area contributed by atoms with E-state index in [1.54, 1.807) is 12.1 Å². The van der Waals surface area contributed by atoms with E-state index in [2.05, 4.69) is 0 Å². The maximum Gasteiger partial charge on any atom is 0.389 e. The number of fused-ring (bicyclic) bond motifs is 1. The van der Waals surface area contributed by atoms with Crippen LogP contribution in [0, 0.1) is 0 Å². The van der Waals surface area contributed by atoms with Crippen LogP contribution in [0.2, 0.25) is 0 Å². The summed E-state index contributed by atoms with van der Waals surface area (Å²) >= 11 is 0. The molecule has 2 rings (SSSR count). The van der Waals surface area contributed by atoms with Gasteiger partial charge in [0.05, 0.1) is 5.41 Å². The van der Waals surface area contributed by atoms with Crippen molar-refractivity contribution in [3.05, 3.63) is 35.4 Å². The number of carbonyl (C=O) groups is 1. The minimum absolute atomic E-state index is 0.0405. The molecule has 0 fully saturated rings. The number of aryl methyl sites for hydroxylation is 1. The lowest BCUT2D eigenvalue weighted by atomic mass is 9.67. The number of halogens is 3. The monoisotopic (exact) mass is 286 g/mol. The molecule has 1 aliphatic carbocycles. The van der Waals surface area contributed by atoms with Crippen molar-refractivity contribution in [3.63, 3.8) is 0 Å². The molecule has 1 aliphatic rings. The van der Waals surface area contributed by atoms with Gasteiger partial charge >= 0.3 is 12.1 Å². The summed E-state index contributed by atoms with van der Waals surface area (Å²) in [4.78, 5) is 11.7. The first-order valence-corrected chi connectivity index (χ1v) is 6.74. The highest BCUT2D eigenvalue weighted by atomic mass is 19.4. The fourth-order valence-electron chi connectivity index (χ4n) is 3.10. The van der Waals surface area contributed by atoms with Crippen LogP contribution in [0.25, 0.3) is 0 Å². The Labute approximate surface area is 115 Å². The molecule has 0 spiro atoms. The highest BCUT2D eigenvalue weighted by Crippen LogP contribution is 2.42. The van der Waals surface area contributed by atoms with Gasteiger partial charge in [-0.3, -0.25) is 4.79 Å². The first kappa shape index (κ1) is 14.9. The average Bonchev–Trinajstić information content (AvgIpc) is 2.37. The van der Waals surface area contributed by atoms with E-state index in [1.165, 1.54) is 0 Å². The minimum Gasteiger partial charge on any atom is -0.481 e. The van der Waals surface area contributed by atoms with E-state index < -0.39 is 24.0 Å². The summed E-state index contributed by atoms with van der Waals surface area (Å²) in [7, 11) is 0. The van der Waals surface area contributed by atoms with Crippen LogP contribution in [-0.2, 0) is 16.6 Å². The summed E-state index contributed by atoms with van der Waals surface area (Å²) in [6.07, 6.45) is -3.35. The van der Waals surface area contributed by atoms with Crippen LogP contribution in [0.4, 0.5) is 13.2 Å². The molecular weight excluding hydrogens is 269 g/mol. The number of benzene rings is 1. The summed E-state index contributed by atoms with van der Waals surface area (Å²) in [5.41, 5.74) is 0.495. The molecule has 1 N–H and O–H groups in total. The Morgan fingerprint density at radius 2 is 2.00 bits per heavy atom. The van der Waals surface area contributed by atoms with Gasteiger partial charge in [-0.1, -0.05) is 24.3 Å². The lowest BCUT2D eigenvalue weighted by Gasteiger charge is -2.35. The maximum absolute atomic E-state index is 12.3. The van der Waals surface area contributed by atoms with Gasteiger partial charge in [0.2, 0.25) is 0 Å². The number of aliphatic carboxylic acids is 1. The van der Waals surface area contributed by atoms with Crippen molar-refractivity contribution in [1.29, 1.82) is 0 Å². The molecule has 110 valence electrons. The van der Waals surface area contributed by atoms with E-state index in [0.717, 1.165) is 12.0 Å². The molecule has 0 saturated carbocycles. The molecule has 0 radical (unpaired) electrons. The van der Waals surface area contributed by atoms with Crippen molar-refractivity contribution in [3.8, 4) is 0 Å². The molecule has 0 heterocycles. The number of rotatable bonds is 4. The third kappa shape index (κ3) is 2.97. The van der Waals surface area contributed by atoms with Crippen LogP contribution in [0.5, 0.6) is 0 Å². The SMILES string of the molecule is O=C(O)C1(CCCC(F)(F)F)CCCc2ccccc21. The topological polar surface area (TPSA) is 37.3 Å². The molecule has 0 aromatic heterocycles. The average molecular weight is 286 g/mol. The number of hydrogen-bond donors (Lipinski definition) is 1. The second kappa shape index (κ2) is 5.46. The van der Waals surface area contributed by atoms with Crippen LogP contribution < -0.4 is 0 Å². The van der Waals surface area contributed by atoms with Crippen LogP contribution in [0.3, 0.4) is 0 Å². The molecule has 0 aliphatic heterocycles. The Bertz CT molecular complexity index is 496. The zero-order valence-electron chi connectivity index (χ0n) is 11.0. The number of hydrogen-bond acceptors (Lipinski definition) is 1. The molecule has 1 aromatic carbocycles. The van der Waals surface area contributed by atoms with Crippen molar-refractivity contribution in [2.24, 2.45) is 0 Å². The summed E-state index contributed by atoms with van der Waals surface area (Å²) in [6.45, 7) is 0. The van der Waals surface area contributed by atoms with Crippen LogP contribution in [0.1, 0.15) is 43.2 Å². The van der Waals surface area contributed by atoms with Crippen molar-refractivity contribution in [2.45, 2.75) is 50.1 Å². The normalized spacial score (nSPS) is 22.4. The second-order valence-corrected chi connectivity index (χ2v) is 5.37. The number of alkyl halides is 3. The lowest BCUT2D eigenvalue weighted by molar-refractivity contribution is -0.148.